The Labute approximate surface area is 155 Å². The van der Waals surface area contributed by atoms with Gasteiger partial charge in [-0.1, -0.05) is 31.0 Å². The third-order valence-electron chi connectivity index (χ3n) is 4.57. The normalized spacial score (nSPS) is 15.5. The molecule has 26 heavy (non-hydrogen) atoms. The smallest absolute Gasteiger partial charge is 0.253 e. The van der Waals surface area contributed by atoms with Crippen LogP contribution in [0.4, 0.5) is 0 Å². The number of hydrogen-bond donors (Lipinski definition) is 0. The summed E-state index contributed by atoms with van der Waals surface area (Å²) in [5.74, 6) is 0.0821. The molecule has 1 aliphatic heterocycles. The van der Waals surface area contributed by atoms with E-state index in [-0.39, 0.29) is 11.7 Å². The molecular formula is C20H24N2O3S. The summed E-state index contributed by atoms with van der Waals surface area (Å²) in [6, 6.07) is 11.1. The van der Waals surface area contributed by atoms with Crippen LogP contribution in [-0.2, 0) is 15.6 Å². The number of amides is 1. The van der Waals surface area contributed by atoms with Crippen LogP contribution in [-0.4, -0.2) is 43.6 Å². The molecule has 1 aromatic heterocycles. The number of sulfone groups is 1. The van der Waals surface area contributed by atoms with Gasteiger partial charge in [-0.05, 0) is 36.6 Å². The first-order chi connectivity index (χ1) is 12.4. The second-order valence-electron chi connectivity index (χ2n) is 6.91. The Morgan fingerprint density at radius 2 is 1.65 bits per heavy atom. The molecule has 0 aliphatic carbocycles. The summed E-state index contributed by atoms with van der Waals surface area (Å²) in [6.45, 7) is 1.67. The van der Waals surface area contributed by atoms with Gasteiger partial charge in [-0.3, -0.25) is 9.78 Å². The standard InChI is InChI=1S/C20H24N2O3S/c1-26(24,25)15-16-6-11-19(21-14-16)17-7-9-18(10-8-17)20(23)22-12-4-2-3-5-13-22/h6-11,14H,2-5,12-13,15H2,1H3. The quantitative estimate of drug-likeness (QED) is 0.826. The van der Waals surface area contributed by atoms with E-state index in [2.05, 4.69) is 4.98 Å². The largest absolute Gasteiger partial charge is 0.339 e. The first kappa shape index (κ1) is 18.6. The fraction of sp³-hybridized carbons (Fsp3) is 0.400. The van der Waals surface area contributed by atoms with E-state index in [1.54, 1.807) is 12.3 Å². The van der Waals surface area contributed by atoms with Gasteiger partial charge in [0.25, 0.3) is 5.91 Å². The molecule has 0 spiro atoms. The summed E-state index contributed by atoms with van der Waals surface area (Å²) < 4.78 is 22.7. The highest BCUT2D eigenvalue weighted by Crippen LogP contribution is 2.20. The van der Waals surface area contributed by atoms with Crippen molar-refractivity contribution >= 4 is 15.7 Å². The van der Waals surface area contributed by atoms with E-state index in [0.717, 1.165) is 37.2 Å². The summed E-state index contributed by atoms with van der Waals surface area (Å²) >= 11 is 0. The molecule has 1 amide bonds. The molecule has 138 valence electrons. The third-order valence-corrected chi connectivity index (χ3v) is 5.43. The molecule has 0 radical (unpaired) electrons. The van der Waals surface area contributed by atoms with E-state index >= 15 is 0 Å². The van der Waals surface area contributed by atoms with Crippen LogP contribution < -0.4 is 0 Å². The van der Waals surface area contributed by atoms with Crippen molar-refractivity contribution in [1.82, 2.24) is 9.88 Å². The van der Waals surface area contributed by atoms with Crippen LogP contribution in [0, 0.1) is 0 Å². The lowest BCUT2D eigenvalue weighted by molar-refractivity contribution is 0.0761. The lowest BCUT2D eigenvalue weighted by Crippen LogP contribution is -2.31. The van der Waals surface area contributed by atoms with Crippen LogP contribution in [0.15, 0.2) is 42.6 Å². The van der Waals surface area contributed by atoms with Gasteiger partial charge < -0.3 is 4.90 Å². The number of likely N-dealkylation sites (tertiary alicyclic amines) is 1. The van der Waals surface area contributed by atoms with E-state index in [1.807, 2.05) is 35.2 Å². The molecule has 2 aromatic rings. The molecule has 2 heterocycles. The monoisotopic (exact) mass is 372 g/mol. The van der Waals surface area contributed by atoms with Gasteiger partial charge in [-0.15, -0.1) is 0 Å². The molecule has 0 atom stereocenters. The van der Waals surface area contributed by atoms with Crippen LogP contribution in [0.5, 0.6) is 0 Å². The Kier molecular flexibility index (Phi) is 5.71. The van der Waals surface area contributed by atoms with Gasteiger partial charge in [-0.2, -0.15) is 0 Å². The number of carbonyl (C=O) groups is 1. The van der Waals surface area contributed by atoms with E-state index in [4.69, 9.17) is 0 Å². The van der Waals surface area contributed by atoms with Crippen molar-refractivity contribution in [2.24, 2.45) is 0 Å². The highest BCUT2D eigenvalue weighted by Gasteiger charge is 2.17. The van der Waals surface area contributed by atoms with Crippen LogP contribution in [0.3, 0.4) is 0 Å². The molecule has 1 saturated heterocycles. The molecule has 5 nitrogen and oxygen atoms in total. The highest BCUT2D eigenvalue weighted by molar-refractivity contribution is 7.89. The van der Waals surface area contributed by atoms with Crippen molar-refractivity contribution in [2.75, 3.05) is 19.3 Å². The van der Waals surface area contributed by atoms with Crippen molar-refractivity contribution < 1.29 is 13.2 Å². The minimum Gasteiger partial charge on any atom is -0.339 e. The van der Waals surface area contributed by atoms with Crippen molar-refractivity contribution in [3.8, 4) is 11.3 Å². The zero-order valence-electron chi connectivity index (χ0n) is 15.0. The average Bonchev–Trinajstić information content (AvgIpc) is 2.90. The lowest BCUT2D eigenvalue weighted by Gasteiger charge is -2.20. The molecule has 0 saturated carbocycles. The van der Waals surface area contributed by atoms with Gasteiger partial charge in [0.1, 0.15) is 0 Å². The number of hydrogen-bond acceptors (Lipinski definition) is 4. The molecular weight excluding hydrogens is 348 g/mol. The van der Waals surface area contributed by atoms with Crippen molar-refractivity contribution in [2.45, 2.75) is 31.4 Å². The predicted octanol–water partition coefficient (Wildman–Crippen LogP) is 3.31. The first-order valence-electron chi connectivity index (χ1n) is 8.95. The lowest BCUT2D eigenvalue weighted by atomic mass is 10.1. The summed E-state index contributed by atoms with van der Waals surface area (Å²) in [5, 5.41) is 0. The van der Waals surface area contributed by atoms with E-state index in [0.29, 0.717) is 11.1 Å². The Hall–Kier alpha value is -2.21. The molecule has 1 aliphatic rings. The van der Waals surface area contributed by atoms with Crippen LogP contribution in [0.25, 0.3) is 11.3 Å². The maximum Gasteiger partial charge on any atom is 0.253 e. The Balaban J connectivity index is 1.71. The Bertz CT molecular complexity index is 851. The number of carbonyl (C=O) groups excluding carboxylic acids is 1. The maximum atomic E-state index is 12.6. The van der Waals surface area contributed by atoms with E-state index in [9.17, 15) is 13.2 Å². The Morgan fingerprint density at radius 1 is 1.00 bits per heavy atom. The maximum absolute atomic E-state index is 12.6. The summed E-state index contributed by atoms with van der Waals surface area (Å²) in [6.07, 6.45) is 7.35. The fourth-order valence-corrected chi connectivity index (χ4v) is 4.00. The Morgan fingerprint density at radius 3 is 2.19 bits per heavy atom. The zero-order valence-corrected chi connectivity index (χ0v) is 15.8. The predicted molar refractivity (Wildman–Crippen MR) is 103 cm³/mol. The van der Waals surface area contributed by atoms with Gasteiger partial charge in [0.05, 0.1) is 11.4 Å². The first-order valence-corrected chi connectivity index (χ1v) is 11.0. The van der Waals surface area contributed by atoms with Crippen LogP contribution in [0.1, 0.15) is 41.6 Å². The molecule has 3 rings (SSSR count). The van der Waals surface area contributed by atoms with Gasteiger partial charge in [0.15, 0.2) is 9.84 Å². The van der Waals surface area contributed by atoms with Gasteiger partial charge in [0.2, 0.25) is 0 Å². The topological polar surface area (TPSA) is 67.3 Å². The highest BCUT2D eigenvalue weighted by atomic mass is 32.2. The van der Waals surface area contributed by atoms with Crippen molar-refractivity contribution in [1.29, 1.82) is 0 Å². The average molecular weight is 372 g/mol. The van der Waals surface area contributed by atoms with E-state index < -0.39 is 9.84 Å². The van der Waals surface area contributed by atoms with Crippen molar-refractivity contribution in [3.63, 3.8) is 0 Å². The number of aromatic nitrogens is 1. The molecule has 1 fully saturated rings. The molecule has 1 aromatic carbocycles. The zero-order chi connectivity index (χ0) is 18.6. The fourth-order valence-electron chi connectivity index (χ4n) is 3.22. The number of pyridine rings is 1. The molecule has 0 unspecified atom stereocenters. The second-order valence-corrected chi connectivity index (χ2v) is 9.05. The van der Waals surface area contributed by atoms with E-state index in [1.165, 1.54) is 19.1 Å². The second kappa shape index (κ2) is 7.99. The third kappa shape index (κ3) is 4.91. The van der Waals surface area contributed by atoms with Gasteiger partial charge in [0, 0.05) is 36.7 Å². The number of nitrogens with zero attached hydrogens (tertiary/aromatic N) is 2. The summed E-state index contributed by atoms with van der Waals surface area (Å²) in [4.78, 5) is 18.9. The van der Waals surface area contributed by atoms with Crippen LogP contribution >= 0.6 is 0 Å². The molecule has 6 heteroatoms. The summed E-state index contributed by atoms with van der Waals surface area (Å²) in [7, 11) is -3.07. The van der Waals surface area contributed by atoms with Gasteiger partial charge >= 0.3 is 0 Å². The minimum atomic E-state index is -3.07. The summed E-state index contributed by atoms with van der Waals surface area (Å²) in [5.41, 5.74) is 3.04. The number of rotatable bonds is 4. The minimum absolute atomic E-state index is 0.0104. The van der Waals surface area contributed by atoms with Crippen molar-refractivity contribution in [3.05, 3.63) is 53.7 Å². The number of benzene rings is 1. The molecule has 0 N–H and O–H groups in total. The SMILES string of the molecule is CS(=O)(=O)Cc1ccc(-c2ccc(C(=O)N3CCCCCC3)cc2)nc1. The molecule has 0 bridgehead atoms. The van der Waals surface area contributed by atoms with Crippen LogP contribution in [0.2, 0.25) is 0 Å². The van der Waals surface area contributed by atoms with Gasteiger partial charge in [-0.25, -0.2) is 8.42 Å².